The number of hydrogen-bond donors (Lipinski definition) is 1. The minimum Gasteiger partial charge on any atom is -0.328 e. The minimum atomic E-state index is -0.530. The SMILES string of the molecule is NC1CCCC(Cl)(Cl)C1. The summed E-state index contributed by atoms with van der Waals surface area (Å²) in [6, 6.07) is 0.216. The van der Waals surface area contributed by atoms with Crippen molar-refractivity contribution in [2.75, 3.05) is 0 Å². The molecule has 0 heterocycles. The van der Waals surface area contributed by atoms with Crippen molar-refractivity contribution in [2.45, 2.75) is 36.1 Å². The van der Waals surface area contributed by atoms with E-state index in [9.17, 15) is 0 Å². The number of rotatable bonds is 0. The predicted octanol–water partition coefficient (Wildman–Crippen LogP) is 2.06. The summed E-state index contributed by atoms with van der Waals surface area (Å²) in [6.07, 6.45) is 3.77. The summed E-state index contributed by atoms with van der Waals surface area (Å²) in [7, 11) is 0. The lowest BCUT2D eigenvalue weighted by atomic mass is 9.95. The quantitative estimate of drug-likeness (QED) is 0.550. The van der Waals surface area contributed by atoms with E-state index in [1.165, 1.54) is 0 Å². The average molecular weight is 168 g/mol. The van der Waals surface area contributed by atoms with E-state index in [0.717, 1.165) is 25.7 Å². The molecule has 0 aromatic heterocycles. The lowest BCUT2D eigenvalue weighted by molar-refractivity contribution is 0.421. The highest BCUT2D eigenvalue weighted by Crippen LogP contribution is 2.36. The standard InChI is InChI=1S/C6H11Cl2N/c7-6(8)3-1-2-5(9)4-6/h5H,1-4,9H2. The molecule has 3 heteroatoms. The van der Waals surface area contributed by atoms with E-state index >= 15 is 0 Å². The summed E-state index contributed by atoms with van der Waals surface area (Å²) in [6.45, 7) is 0. The molecule has 2 N–H and O–H groups in total. The van der Waals surface area contributed by atoms with Crippen molar-refractivity contribution in [3.63, 3.8) is 0 Å². The first kappa shape index (κ1) is 7.64. The van der Waals surface area contributed by atoms with Gasteiger partial charge in [-0.15, -0.1) is 23.2 Å². The van der Waals surface area contributed by atoms with Gasteiger partial charge in [0.1, 0.15) is 4.33 Å². The molecule has 0 amide bonds. The highest BCUT2D eigenvalue weighted by Gasteiger charge is 2.30. The van der Waals surface area contributed by atoms with Crippen molar-refractivity contribution < 1.29 is 0 Å². The molecule has 0 bridgehead atoms. The average Bonchev–Trinajstić information content (AvgIpc) is 1.60. The molecule has 1 saturated carbocycles. The second kappa shape index (κ2) is 2.65. The van der Waals surface area contributed by atoms with Crippen LogP contribution in [0.5, 0.6) is 0 Å². The van der Waals surface area contributed by atoms with Crippen LogP contribution in [0.3, 0.4) is 0 Å². The van der Waals surface area contributed by atoms with Crippen molar-refractivity contribution in [1.82, 2.24) is 0 Å². The van der Waals surface area contributed by atoms with Gasteiger partial charge in [0.05, 0.1) is 0 Å². The summed E-state index contributed by atoms with van der Waals surface area (Å²) in [5.74, 6) is 0. The maximum atomic E-state index is 5.85. The predicted molar refractivity (Wildman–Crippen MR) is 40.9 cm³/mol. The van der Waals surface area contributed by atoms with Gasteiger partial charge in [-0.1, -0.05) is 0 Å². The van der Waals surface area contributed by atoms with Gasteiger partial charge in [0, 0.05) is 6.04 Å². The molecule has 0 aromatic rings. The van der Waals surface area contributed by atoms with Gasteiger partial charge in [-0.3, -0.25) is 0 Å². The third-order valence-electron chi connectivity index (χ3n) is 1.68. The van der Waals surface area contributed by atoms with Crippen LogP contribution in [-0.2, 0) is 0 Å². The molecule has 0 aliphatic heterocycles. The third kappa shape index (κ3) is 2.32. The zero-order chi connectivity index (χ0) is 6.91. The first-order valence-electron chi connectivity index (χ1n) is 3.23. The van der Waals surface area contributed by atoms with Crippen molar-refractivity contribution in [1.29, 1.82) is 0 Å². The summed E-state index contributed by atoms with van der Waals surface area (Å²) in [4.78, 5) is 0. The van der Waals surface area contributed by atoms with Gasteiger partial charge in [-0.05, 0) is 25.7 Å². The van der Waals surface area contributed by atoms with Crippen LogP contribution in [0.2, 0.25) is 0 Å². The zero-order valence-electron chi connectivity index (χ0n) is 5.24. The Labute approximate surface area is 65.5 Å². The zero-order valence-corrected chi connectivity index (χ0v) is 6.75. The van der Waals surface area contributed by atoms with Crippen LogP contribution in [0.15, 0.2) is 0 Å². The minimum absolute atomic E-state index is 0.216. The number of halogens is 2. The van der Waals surface area contributed by atoms with Crippen LogP contribution in [0.25, 0.3) is 0 Å². The van der Waals surface area contributed by atoms with Gasteiger partial charge in [0.25, 0.3) is 0 Å². The molecule has 0 aromatic carbocycles. The van der Waals surface area contributed by atoms with Crippen molar-refractivity contribution in [2.24, 2.45) is 5.73 Å². The van der Waals surface area contributed by atoms with Gasteiger partial charge < -0.3 is 5.73 Å². The maximum Gasteiger partial charge on any atom is 0.119 e. The summed E-state index contributed by atoms with van der Waals surface area (Å²) < 4.78 is -0.530. The molecular weight excluding hydrogens is 157 g/mol. The highest BCUT2D eigenvalue weighted by atomic mass is 35.5. The maximum absolute atomic E-state index is 5.85. The second-order valence-electron chi connectivity index (χ2n) is 2.71. The van der Waals surface area contributed by atoms with Crippen LogP contribution in [0.4, 0.5) is 0 Å². The van der Waals surface area contributed by atoms with Crippen LogP contribution >= 0.6 is 23.2 Å². The normalized spacial score (nSPS) is 34.3. The van der Waals surface area contributed by atoms with Gasteiger partial charge in [-0.2, -0.15) is 0 Å². The fourth-order valence-electron chi connectivity index (χ4n) is 1.21. The Hall–Kier alpha value is 0.540. The van der Waals surface area contributed by atoms with Crippen LogP contribution < -0.4 is 5.73 Å². The second-order valence-corrected chi connectivity index (χ2v) is 4.35. The van der Waals surface area contributed by atoms with E-state index in [1.54, 1.807) is 0 Å². The Kier molecular flexibility index (Phi) is 2.25. The summed E-state index contributed by atoms with van der Waals surface area (Å²) in [5, 5.41) is 0. The van der Waals surface area contributed by atoms with E-state index in [2.05, 4.69) is 0 Å². The Morgan fingerprint density at radius 3 is 2.44 bits per heavy atom. The fraction of sp³-hybridized carbons (Fsp3) is 1.00. The van der Waals surface area contributed by atoms with Crippen LogP contribution in [-0.4, -0.2) is 10.4 Å². The Balaban J connectivity index is 2.41. The van der Waals surface area contributed by atoms with Gasteiger partial charge >= 0.3 is 0 Å². The Morgan fingerprint density at radius 1 is 1.44 bits per heavy atom. The lowest BCUT2D eigenvalue weighted by Gasteiger charge is -2.28. The molecule has 1 fully saturated rings. The van der Waals surface area contributed by atoms with E-state index in [0.29, 0.717) is 0 Å². The van der Waals surface area contributed by atoms with Gasteiger partial charge in [-0.25, -0.2) is 0 Å². The smallest absolute Gasteiger partial charge is 0.119 e. The summed E-state index contributed by atoms with van der Waals surface area (Å²) in [5.41, 5.74) is 5.64. The molecule has 1 rings (SSSR count). The lowest BCUT2D eigenvalue weighted by Crippen LogP contribution is -2.33. The molecule has 54 valence electrons. The molecule has 0 saturated heterocycles. The Morgan fingerprint density at radius 2 is 2.11 bits per heavy atom. The molecule has 9 heavy (non-hydrogen) atoms. The third-order valence-corrected chi connectivity index (χ3v) is 2.36. The topological polar surface area (TPSA) is 26.0 Å². The molecular formula is C6H11Cl2N. The monoisotopic (exact) mass is 167 g/mol. The molecule has 1 nitrogen and oxygen atoms in total. The fourth-order valence-corrected chi connectivity index (χ4v) is 1.87. The van der Waals surface area contributed by atoms with E-state index in [4.69, 9.17) is 28.9 Å². The first-order valence-corrected chi connectivity index (χ1v) is 3.99. The van der Waals surface area contributed by atoms with E-state index in [-0.39, 0.29) is 6.04 Å². The largest absolute Gasteiger partial charge is 0.328 e. The van der Waals surface area contributed by atoms with E-state index < -0.39 is 4.33 Å². The van der Waals surface area contributed by atoms with Crippen LogP contribution in [0.1, 0.15) is 25.7 Å². The number of nitrogens with two attached hydrogens (primary N) is 1. The Bertz CT molecular complexity index is 103. The molecule has 1 atom stereocenters. The number of hydrogen-bond acceptors (Lipinski definition) is 1. The molecule has 1 aliphatic carbocycles. The summed E-state index contributed by atoms with van der Waals surface area (Å²) >= 11 is 11.7. The highest BCUT2D eigenvalue weighted by molar-refractivity contribution is 6.48. The van der Waals surface area contributed by atoms with Gasteiger partial charge in [0.15, 0.2) is 0 Å². The van der Waals surface area contributed by atoms with E-state index in [1.807, 2.05) is 0 Å². The first-order chi connectivity index (χ1) is 4.10. The van der Waals surface area contributed by atoms with Crippen molar-refractivity contribution in [3.05, 3.63) is 0 Å². The molecule has 0 radical (unpaired) electrons. The number of alkyl halides is 2. The van der Waals surface area contributed by atoms with Crippen molar-refractivity contribution >= 4 is 23.2 Å². The van der Waals surface area contributed by atoms with Crippen LogP contribution in [0, 0.1) is 0 Å². The van der Waals surface area contributed by atoms with Gasteiger partial charge in [0.2, 0.25) is 0 Å². The molecule has 0 spiro atoms. The molecule has 1 unspecified atom stereocenters. The van der Waals surface area contributed by atoms with Crippen molar-refractivity contribution in [3.8, 4) is 0 Å². The molecule has 1 aliphatic rings.